The van der Waals surface area contributed by atoms with Gasteiger partial charge in [0, 0.05) is 6.42 Å². The van der Waals surface area contributed by atoms with Gasteiger partial charge in [0.05, 0.1) is 13.2 Å². The number of ether oxygens (including phenoxy) is 2. The zero-order valence-corrected chi connectivity index (χ0v) is 14.8. The van der Waals surface area contributed by atoms with E-state index in [1.54, 1.807) is 7.11 Å². The van der Waals surface area contributed by atoms with E-state index < -0.39 is 6.10 Å². The lowest BCUT2D eigenvalue weighted by Crippen LogP contribution is -2.31. The Morgan fingerprint density at radius 3 is 2.96 bits per heavy atom. The zero-order valence-electron chi connectivity index (χ0n) is 14.0. The number of aromatic nitrogens is 2. The molecule has 1 aromatic carbocycles. The maximum absolute atomic E-state index is 12.3. The molecule has 1 aliphatic heterocycles. The van der Waals surface area contributed by atoms with Crippen LogP contribution in [0.2, 0.25) is 0 Å². The number of hydrogen-bond acceptors (Lipinski definition) is 6. The number of nitrogens with zero attached hydrogens (tertiary/aromatic N) is 2. The predicted octanol–water partition coefficient (Wildman–Crippen LogP) is 2.89. The molecule has 0 bridgehead atoms. The normalized spacial score (nSPS) is 23.2. The van der Waals surface area contributed by atoms with Gasteiger partial charge < -0.3 is 9.47 Å². The van der Waals surface area contributed by atoms with E-state index in [1.807, 2.05) is 38.1 Å². The van der Waals surface area contributed by atoms with Gasteiger partial charge >= 0.3 is 0 Å². The SMILES string of the molecule is COc1cccc(Cc2nnc(NC(=O)[C@@H]3O[C@@H](C)C[C@H]3C)s2)c1. The van der Waals surface area contributed by atoms with E-state index in [-0.39, 0.29) is 17.9 Å². The molecular formula is C17H21N3O3S. The van der Waals surface area contributed by atoms with Crippen molar-refractivity contribution in [3.8, 4) is 5.75 Å². The fourth-order valence-corrected chi connectivity index (χ4v) is 3.69. The van der Waals surface area contributed by atoms with Crippen LogP contribution in [0.1, 0.15) is 30.8 Å². The minimum absolute atomic E-state index is 0.119. The number of carbonyl (C=O) groups excluding carboxylic acids is 1. The maximum atomic E-state index is 12.3. The lowest BCUT2D eigenvalue weighted by Gasteiger charge is -2.13. The van der Waals surface area contributed by atoms with Gasteiger partial charge in [0.25, 0.3) is 5.91 Å². The number of carbonyl (C=O) groups is 1. The van der Waals surface area contributed by atoms with Crippen molar-refractivity contribution in [2.45, 2.75) is 38.9 Å². The van der Waals surface area contributed by atoms with E-state index in [9.17, 15) is 4.79 Å². The third kappa shape index (κ3) is 3.91. The summed E-state index contributed by atoms with van der Waals surface area (Å²) in [5.74, 6) is 0.882. The van der Waals surface area contributed by atoms with Crippen LogP contribution in [0.15, 0.2) is 24.3 Å². The van der Waals surface area contributed by atoms with Crippen molar-refractivity contribution in [3.63, 3.8) is 0 Å². The van der Waals surface area contributed by atoms with Crippen molar-refractivity contribution >= 4 is 22.4 Å². The molecule has 0 saturated carbocycles. The summed E-state index contributed by atoms with van der Waals surface area (Å²) in [6, 6.07) is 7.82. The highest BCUT2D eigenvalue weighted by Gasteiger charge is 2.35. The topological polar surface area (TPSA) is 73.3 Å². The summed E-state index contributed by atoms with van der Waals surface area (Å²) in [6.45, 7) is 4.02. The van der Waals surface area contributed by atoms with Crippen LogP contribution in [0.5, 0.6) is 5.75 Å². The average molecular weight is 347 g/mol. The second kappa shape index (κ2) is 7.27. The maximum Gasteiger partial charge on any atom is 0.255 e. The molecule has 1 amide bonds. The van der Waals surface area contributed by atoms with Gasteiger partial charge in [0.1, 0.15) is 16.9 Å². The number of benzene rings is 1. The van der Waals surface area contributed by atoms with Crippen molar-refractivity contribution in [2.24, 2.45) is 5.92 Å². The standard InChI is InChI=1S/C17H21N3O3S/c1-10-7-11(2)23-15(10)16(21)18-17-20-19-14(24-17)9-12-5-4-6-13(8-12)22-3/h4-6,8,10-11,15H,7,9H2,1-3H3,(H,18,20,21)/t10-,11+,15-/m1/s1. The van der Waals surface area contributed by atoms with Gasteiger partial charge in [0.2, 0.25) is 5.13 Å². The fraction of sp³-hybridized carbons (Fsp3) is 0.471. The zero-order chi connectivity index (χ0) is 17.1. The summed E-state index contributed by atoms with van der Waals surface area (Å²) >= 11 is 1.38. The smallest absolute Gasteiger partial charge is 0.255 e. The number of methoxy groups -OCH3 is 1. The number of anilines is 1. The lowest BCUT2D eigenvalue weighted by atomic mass is 10.0. The first-order valence-corrected chi connectivity index (χ1v) is 8.78. The Morgan fingerprint density at radius 1 is 1.42 bits per heavy atom. The Hall–Kier alpha value is -1.99. The van der Waals surface area contributed by atoms with Gasteiger partial charge in [-0.2, -0.15) is 0 Å². The van der Waals surface area contributed by atoms with Crippen molar-refractivity contribution in [2.75, 3.05) is 12.4 Å². The monoisotopic (exact) mass is 347 g/mol. The Labute approximate surface area is 145 Å². The van der Waals surface area contributed by atoms with Crippen LogP contribution in [0, 0.1) is 5.92 Å². The van der Waals surface area contributed by atoms with Gasteiger partial charge in [0.15, 0.2) is 0 Å². The van der Waals surface area contributed by atoms with Gasteiger partial charge in [-0.3, -0.25) is 10.1 Å². The summed E-state index contributed by atoms with van der Waals surface area (Å²) in [7, 11) is 1.64. The first kappa shape index (κ1) is 16.9. The summed E-state index contributed by atoms with van der Waals surface area (Å²) in [6.07, 6.45) is 1.26. The van der Waals surface area contributed by atoms with E-state index in [1.165, 1.54) is 11.3 Å². The number of nitrogens with one attached hydrogen (secondary N) is 1. The van der Waals surface area contributed by atoms with Crippen LogP contribution in [0.3, 0.4) is 0 Å². The minimum atomic E-state index is -0.411. The molecule has 2 heterocycles. The third-order valence-corrected chi connectivity index (χ3v) is 4.88. The molecule has 1 fully saturated rings. The lowest BCUT2D eigenvalue weighted by molar-refractivity contribution is -0.127. The first-order valence-electron chi connectivity index (χ1n) is 7.97. The molecule has 1 aliphatic rings. The summed E-state index contributed by atoms with van der Waals surface area (Å²) in [4.78, 5) is 12.3. The molecule has 128 valence electrons. The first-order chi connectivity index (χ1) is 11.5. The molecule has 24 heavy (non-hydrogen) atoms. The van der Waals surface area contributed by atoms with Gasteiger partial charge in [-0.05, 0) is 37.0 Å². The highest BCUT2D eigenvalue weighted by Crippen LogP contribution is 2.27. The molecule has 1 N–H and O–H groups in total. The molecule has 0 radical (unpaired) electrons. The number of rotatable bonds is 5. The highest BCUT2D eigenvalue weighted by atomic mass is 32.1. The molecule has 0 aliphatic carbocycles. The number of hydrogen-bond donors (Lipinski definition) is 1. The quantitative estimate of drug-likeness (QED) is 0.900. The van der Waals surface area contributed by atoms with Crippen molar-refractivity contribution in [1.29, 1.82) is 0 Å². The Kier molecular flexibility index (Phi) is 5.11. The van der Waals surface area contributed by atoms with Crippen molar-refractivity contribution in [1.82, 2.24) is 10.2 Å². The van der Waals surface area contributed by atoms with Crippen LogP contribution >= 0.6 is 11.3 Å². The van der Waals surface area contributed by atoms with Gasteiger partial charge in [-0.25, -0.2) is 0 Å². The van der Waals surface area contributed by atoms with E-state index in [4.69, 9.17) is 9.47 Å². The highest BCUT2D eigenvalue weighted by molar-refractivity contribution is 7.15. The largest absolute Gasteiger partial charge is 0.497 e. The molecule has 2 aromatic rings. The molecule has 3 atom stereocenters. The Balaban J connectivity index is 1.62. The van der Waals surface area contributed by atoms with Crippen LogP contribution in [-0.4, -0.2) is 35.4 Å². The molecule has 7 heteroatoms. The number of amides is 1. The molecule has 1 aromatic heterocycles. The molecular weight excluding hydrogens is 326 g/mol. The summed E-state index contributed by atoms with van der Waals surface area (Å²) < 4.78 is 10.9. The fourth-order valence-electron chi connectivity index (χ4n) is 2.92. The van der Waals surface area contributed by atoms with Gasteiger partial charge in [-0.1, -0.05) is 30.4 Å². The summed E-state index contributed by atoms with van der Waals surface area (Å²) in [5.41, 5.74) is 1.09. The minimum Gasteiger partial charge on any atom is -0.497 e. The van der Waals surface area contributed by atoms with Crippen LogP contribution in [0.4, 0.5) is 5.13 Å². The molecule has 0 spiro atoms. The summed E-state index contributed by atoms with van der Waals surface area (Å²) in [5, 5.41) is 12.4. The van der Waals surface area contributed by atoms with Crippen LogP contribution in [0.25, 0.3) is 0 Å². The Morgan fingerprint density at radius 2 is 2.25 bits per heavy atom. The molecule has 6 nitrogen and oxygen atoms in total. The molecule has 0 unspecified atom stereocenters. The Bertz CT molecular complexity index is 719. The average Bonchev–Trinajstić information content (AvgIpc) is 3.13. The van der Waals surface area contributed by atoms with E-state index in [0.29, 0.717) is 11.6 Å². The van der Waals surface area contributed by atoms with Crippen LogP contribution < -0.4 is 10.1 Å². The van der Waals surface area contributed by atoms with Gasteiger partial charge in [-0.15, -0.1) is 10.2 Å². The van der Waals surface area contributed by atoms with E-state index in [2.05, 4.69) is 15.5 Å². The predicted molar refractivity (Wildman–Crippen MR) is 92.5 cm³/mol. The molecule has 1 saturated heterocycles. The van der Waals surface area contributed by atoms with Crippen molar-refractivity contribution in [3.05, 3.63) is 34.8 Å². The second-order valence-electron chi connectivity index (χ2n) is 6.10. The van der Waals surface area contributed by atoms with E-state index in [0.717, 1.165) is 22.7 Å². The second-order valence-corrected chi connectivity index (χ2v) is 7.16. The van der Waals surface area contributed by atoms with Crippen LogP contribution in [-0.2, 0) is 16.0 Å². The van der Waals surface area contributed by atoms with E-state index >= 15 is 0 Å². The van der Waals surface area contributed by atoms with Crippen molar-refractivity contribution < 1.29 is 14.3 Å². The third-order valence-electron chi connectivity index (χ3n) is 4.04. The molecule has 3 rings (SSSR count).